The number of carbonyl (C=O) groups excluding carboxylic acids is 1. The molecule has 2 heterocycles. The largest absolute Gasteiger partial charge is 0.370 e. The molecule has 4 nitrogen and oxygen atoms in total. The van der Waals surface area contributed by atoms with E-state index < -0.39 is 0 Å². The first-order chi connectivity index (χ1) is 11.2. The maximum absolute atomic E-state index is 12.4. The summed E-state index contributed by atoms with van der Waals surface area (Å²) in [7, 11) is 0. The molecule has 0 saturated carbocycles. The van der Waals surface area contributed by atoms with E-state index in [0.29, 0.717) is 5.92 Å². The van der Waals surface area contributed by atoms with Crippen LogP contribution < -0.4 is 5.32 Å². The highest BCUT2D eigenvalue weighted by Gasteiger charge is 2.23. The van der Waals surface area contributed by atoms with Gasteiger partial charge in [0.05, 0.1) is 0 Å². The Morgan fingerprint density at radius 1 is 1.17 bits per heavy atom. The number of anilines is 1. The molecule has 0 atom stereocenters. The van der Waals surface area contributed by atoms with Gasteiger partial charge in [-0.15, -0.1) is 0 Å². The molecule has 0 bridgehead atoms. The SMILES string of the molecule is O=C(c1ccccc1)N1CCC(CNc2ccc(Br)cn2)CC1. The van der Waals surface area contributed by atoms with Crippen molar-refractivity contribution < 1.29 is 4.79 Å². The van der Waals surface area contributed by atoms with Crippen LogP contribution in [0.3, 0.4) is 0 Å². The highest BCUT2D eigenvalue weighted by atomic mass is 79.9. The van der Waals surface area contributed by atoms with Crippen LogP contribution in [0.15, 0.2) is 53.1 Å². The number of aromatic nitrogens is 1. The van der Waals surface area contributed by atoms with Crippen LogP contribution in [-0.4, -0.2) is 35.4 Å². The molecule has 1 aliphatic rings. The zero-order valence-electron chi connectivity index (χ0n) is 12.9. The maximum atomic E-state index is 12.4. The van der Waals surface area contributed by atoms with Crippen molar-refractivity contribution in [2.24, 2.45) is 5.92 Å². The third-order valence-electron chi connectivity index (χ3n) is 4.22. The van der Waals surface area contributed by atoms with E-state index in [0.717, 1.165) is 48.3 Å². The molecule has 5 heteroatoms. The number of pyridine rings is 1. The van der Waals surface area contributed by atoms with Crippen LogP contribution in [0.2, 0.25) is 0 Å². The molecule has 1 amide bonds. The van der Waals surface area contributed by atoms with Crippen LogP contribution in [-0.2, 0) is 0 Å². The molecule has 0 spiro atoms. The lowest BCUT2D eigenvalue weighted by Gasteiger charge is -2.32. The summed E-state index contributed by atoms with van der Waals surface area (Å²) in [5, 5.41) is 3.38. The zero-order valence-corrected chi connectivity index (χ0v) is 14.5. The molecule has 1 aromatic carbocycles. The van der Waals surface area contributed by atoms with Gasteiger partial charge in [0.1, 0.15) is 5.82 Å². The minimum atomic E-state index is 0.145. The van der Waals surface area contributed by atoms with E-state index in [4.69, 9.17) is 0 Å². The Bertz CT molecular complexity index is 637. The molecule has 0 aliphatic carbocycles. The lowest BCUT2D eigenvalue weighted by Crippen LogP contribution is -2.39. The molecule has 1 saturated heterocycles. The molecule has 1 aliphatic heterocycles. The topological polar surface area (TPSA) is 45.2 Å². The van der Waals surface area contributed by atoms with Crippen LogP contribution in [0.1, 0.15) is 23.2 Å². The molecule has 23 heavy (non-hydrogen) atoms. The lowest BCUT2D eigenvalue weighted by molar-refractivity contribution is 0.0695. The van der Waals surface area contributed by atoms with Crippen molar-refractivity contribution in [3.05, 3.63) is 58.7 Å². The summed E-state index contributed by atoms with van der Waals surface area (Å²) >= 11 is 3.38. The first kappa shape index (κ1) is 16.0. The van der Waals surface area contributed by atoms with Gasteiger partial charge < -0.3 is 10.2 Å². The number of amides is 1. The minimum absolute atomic E-state index is 0.145. The quantitative estimate of drug-likeness (QED) is 0.885. The number of rotatable bonds is 4. The zero-order chi connectivity index (χ0) is 16.1. The monoisotopic (exact) mass is 373 g/mol. The van der Waals surface area contributed by atoms with Crippen LogP contribution >= 0.6 is 15.9 Å². The van der Waals surface area contributed by atoms with Crippen molar-refractivity contribution in [3.8, 4) is 0 Å². The Balaban J connectivity index is 1.47. The number of nitrogens with one attached hydrogen (secondary N) is 1. The predicted octanol–water partition coefficient (Wildman–Crippen LogP) is 3.81. The Labute approximate surface area is 145 Å². The number of piperidine rings is 1. The summed E-state index contributed by atoms with van der Waals surface area (Å²) in [6, 6.07) is 13.5. The Hall–Kier alpha value is -1.88. The van der Waals surface area contributed by atoms with E-state index in [1.807, 2.05) is 47.4 Å². The van der Waals surface area contributed by atoms with E-state index in [1.165, 1.54) is 0 Å². The van der Waals surface area contributed by atoms with Crippen LogP contribution in [0, 0.1) is 5.92 Å². The van der Waals surface area contributed by atoms with Gasteiger partial charge in [0.2, 0.25) is 0 Å². The molecular weight excluding hydrogens is 354 g/mol. The van der Waals surface area contributed by atoms with E-state index in [1.54, 1.807) is 6.20 Å². The van der Waals surface area contributed by atoms with Gasteiger partial charge in [0.25, 0.3) is 5.91 Å². The second-order valence-electron chi connectivity index (χ2n) is 5.84. The van der Waals surface area contributed by atoms with Crippen LogP contribution in [0.5, 0.6) is 0 Å². The number of hydrogen-bond donors (Lipinski definition) is 1. The number of halogens is 1. The van der Waals surface area contributed by atoms with Crippen molar-refractivity contribution in [3.63, 3.8) is 0 Å². The summed E-state index contributed by atoms with van der Waals surface area (Å²) in [5.41, 5.74) is 0.781. The van der Waals surface area contributed by atoms with E-state index in [9.17, 15) is 4.79 Å². The Morgan fingerprint density at radius 3 is 2.57 bits per heavy atom. The summed E-state index contributed by atoms with van der Waals surface area (Å²) in [5.74, 6) is 1.63. The number of benzene rings is 1. The highest BCUT2D eigenvalue weighted by molar-refractivity contribution is 9.10. The van der Waals surface area contributed by atoms with Gasteiger partial charge in [-0.05, 0) is 59.0 Å². The lowest BCUT2D eigenvalue weighted by atomic mass is 9.96. The second kappa shape index (κ2) is 7.59. The molecule has 120 valence electrons. The summed E-state index contributed by atoms with van der Waals surface area (Å²) in [6.45, 7) is 2.56. The van der Waals surface area contributed by atoms with Gasteiger partial charge in [-0.2, -0.15) is 0 Å². The number of hydrogen-bond acceptors (Lipinski definition) is 3. The standard InChI is InChI=1S/C18H20BrN3O/c19-16-6-7-17(21-13-16)20-12-14-8-10-22(11-9-14)18(23)15-4-2-1-3-5-15/h1-7,13-14H,8-12H2,(H,20,21). The van der Waals surface area contributed by atoms with Gasteiger partial charge in [-0.1, -0.05) is 18.2 Å². The predicted molar refractivity (Wildman–Crippen MR) is 95.5 cm³/mol. The smallest absolute Gasteiger partial charge is 0.253 e. The van der Waals surface area contributed by atoms with E-state index in [2.05, 4.69) is 26.2 Å². The molecule has 1 N–H and O–H groups in total. The average molecular weight is 374 g/mol. The minimum Gasteiger partial charge on any atom is -0.370 e. The number of nitrogens with zero attached hydrogens (tertiary/aromatic N) is 2. The first-order valence-corrected chi connectivity index (χ1v) is 8.71. The van der Waals surface area contributed by atoms with Gasteiger partial charge >= 0.3 is 0 Å². The molecule has 3 rings (SSSR count). The fourth-order valence-corrected chi connectivity index (χ4v) is 3.07. The third-order valence-corrected chi connectivity index (χ3v) is 4.69. The maximum Gasteiger partial charge on any atom is 0.253 e. The summed E-state index contributed by atoms with van der Waals surface area (Å²) < 4.78 is 0.982. The van der Waals surface area contributed by atoms with Gasteiger partial charge in [0.15, 0.2) is 0 Å². The molecule has 0 radical (unpaired) electrons. The van der Waals surface area contributed by atoms with Crippen molar-refractivity contribution in [2.45, 2.75) is 12.8 Å². The van der Waals surface area contributed by atoms with Gasteiger partial charge in [-0.25, -0.2) is 4.98 Å². The first-order valence-electron chi connectivity index (χ1n) is 7.92. The van der Waals surface area contributed by atoms with Crippen molar-refractivity contribution >= 4 is 27.7 Å². The van der Waals surface area contributed by atoms with E-state index in [-0.39, 0.29) is 5.91 Å². The fraction of sp³-hybridized carbons (Fsp3) is 0.333. The van der Waals surface area contributed by atoms with Crippen molar-refractivity contribution in [1.29, 1.82) is 0 Å². The third kappa shape index (κ3) is 4.32. The summed E-state index contributed by atoms with van der Waals surface area (Å²) in [6.07, 6.45) is 3.85. The van der Waals surface area contributed by atoms with E-state index >= 15 is 0 Å². The summed E-state index contributed by atoms with van der Waals surface area (Å²) in [4.78, 5) is 18.7. The molecule has 1 aromatic heterocycles. The fourth-order valence-electron chi connectivity index (χ4n) is 2.83. The normalized spacial score (nSPS) is 15.4. The van der Waals surface area contributed by atoms with Crippen LogP contribution in [0.25, 0.3) is 0 Å². The van der Waals surface area contributed by atoms with Crippen molar-refractivity contribution in [2.75, 3.05) is 25.0 Å². The number of likely N-dealkylation sites (tertiary alicyclic amines) is 1. The molecule has 0 unspecified atom stereocenters. The second-order valence-corrected chi connectivity index (χ2v) is 6.76. The van der Waals surface area contributed by atoms with Crippen molar-refractivity contribution in [1.82, 2.24) is 9.88 Å². The van der Waals surface area contributed by atoms with Gasteiger partial charge in [0, 0.05) is 35.9 Å². The number of carbonyl (C=O) groups is 1. The highest BCUT2D eigenvalue weighted by Crippen LogP contribution is 2.20. The Kier molecular flexibility index (Phi) is 5.28. The molecule has 1 fully saturated rings. The molecular formula is C18H20BrN3O. The molecule has 2 aromatic rings. The van der Waals surface area contributed by atoms with Crippen LogP contribution in [0.4, 0.5) is 5.82 Å². The van der Waals surface area contributed by atoms with Gasteiger partial charge in [-0.3, -0.25) is 4.79 Å². The average Bonchev–Trinajstić information content (AvgIpc) is 2.62. The Morgan fingerprint density at radius 2 is 1.91 bits per heavy atom.